The number of carbonyl (C=O) groups is 1. The molecule has 0 heterocycles. The SMILES string of the molecule is C=CCOc1cc(OC)cc(OCC=C)c1C(=O)c1ccccc1. The van der Waals surface area contributed by atoms with E-state index in [2.05, 4.69) is 13.2 Å². The molecular formula is C20H20O4. The molecule has 0 radical (unpaired) electrons. The van der Waals surface area contributed by atoms with Gasteiger partial charge in [-0.2, -0.15) is 0 Å². The van der Waals surface area contributed by atoms with Gasteiger partial charge >= 0.3 is 0 Å². The first-order valence-electron chi connectivity index (χ1n) is 7.50. The zero-order chi connectivity index (χ0) is 17.4. The Hall–Kier alpha value is -3.01. The van der Waals surface area contributed by atoms with Crippen molar-refractivity contribution in [3.05, 3.63) is 78.9 Å². The van der Waals surface area contributed by atoms with Crippen LogP contribution in [0.15, 0.2) is 67.8 Å². The van der Waals surface area contributed by atoms with E-state index in [4.69, 9.17) is 14.2 Å². The molecule has 0 aromatic heterocycles. The van der Waals surface area contributed by atoms with E-state index in [0.717, 1.165) is 0 Å². The highest BCUT2D eigenvalue weighted by molar-refractivity contribution is 6.12. The van der Waals surface area contributed by atoms with Crippen LogP contribution in [0.4, 0.5) is 0 Å². The van der Waals surface area contributed by atoms with Gasteiger partial charge in [0.15, 0.2) is 0 Å². The molecule has 0 aliphatic rings. The van der Waals surface area contributed by atoms with E-state index in [1.807, 2.05) is 18.2 Å². The number of hydrogen-bond acceptors (Lipinski definition) is 4. The Balaban J connectivity index is 2.56. The van der Waals surface area contributed by atoms with E-state index in [1.54, 1.807) is 43.5 Å². The third-order valence-electron chi connectivity index (χ3n) is 3.25. The molecular weight excluding hydrogens is 304 g/mol. The van der Waals surface area contributed by atoms with Gasteiger partial charge in [0.05, 0.1) is 7.11 Å². The van der Waals surface area contributed by atoms with Gasteiger partial charge in [-0.1, -0.05) is 55.6 Å². The molecule has 0 spiro atoms. The summed E-state index contributed by atoms with van der Waals surface area (Å²) in [5.41, 5.74) is 0.903. The van der Waals surface area contributed by atoms with Gasteiger partial charge in [-0.15, -0.1) is 0 Å². The maximum Gasteiger partial charge on any atom is 0.200 e. The summed E-state index contributed by atoms with van der Waals surface area (Å²) in [6.45, 7) is 7.81. The Kier molecular flexibility index (Phi) is 6.20. The summed E-state index contributed by atoms with van der Waals surface area (Å²) >= 11 is 0. The molecule has 0 unspecified atom stereocenters. The number of ether oxygens (including phenoxy) is 3. The van der Waals surface area contributed by atoms with Crippen molar-refractivity contribution in [3.63, 3.8) is 0 Å². The summed E-state index contributed by atoms with van der Waals surface area (Å²) < 4.78 is 16.6. The lowest BCUT2D eigenvalue weighted by Crippen LogP contribution is -2.09. The maximum atomic E-state index is 13.0. The average molecular weight is 324 g/mol. The fourth-order valence-electron chi connectivity index (χ4n) is 2.17. The van der Waals surface area contributed by atoms with E-state index in [-0.39, 0.29) is 19.0 Å². The predicted octanol–water partition coefficient (Wildman–Crippen LogP) is 4.06. The van der Waals surface area contributed by atoms with Crippen molar-refractivity contribution in [2.45, 2.75) is 0 Å². The minimum absolute atomic E-state index is 0.184. The van der Waals surface area contributed by atoms with E-state index >= 15 is 0 Å². The fourth-order valence-corrected chi connectivity index (χ4v) is 2.17. The Morgan fingerprint density at radius 1 is 1.00 bits per heavy atom. The molecule has 0 aliphatic heterocycles. The van der Waals surface area contributed by atoms with Gasteiger partial charge < -0.3 is 14.2 Å². The lowest BCUT2D eigenvalue weighted by molar-refractivity contribution is 0.103. The van der Waals surface area contributed by atoms with Crippen LogP contribution >= 0.6 is 0 Å². The van der Waals surface area contributed by atoms with Crippen LogP contribution in [0.1, 0.15) is 15.9 Å². The highest BCUT2D eigenvalue weighted by Crippen LogP contribution is 2.36. The van der Waals surface area contributed by atoms with Crippen molar-refractivity contribution in [1.29, 1.82) is 0 Å². The topological polar surface area (TPSA) is 44.8 Å². The van der Waals surface area contributed by atoms with Crippen LogP contribution in [0.3, 0.4) is 0 Å². The predicted molar refractivity (Wildman–Crippen MR) is 94.3 cm³/mol. The van der Waals surface area contributed by atoms with Crippen LogP contribution in [0, 0.1) is 0 Å². The average Bonchev–Trinajstić information content (AvgIpc) is 2.64. The van der Waals surface area contributed by atoms with Gasteiger partial charge in [0.25, 0.3) is 0 Å². The van der Waals surface area contributed by atoms with Crippen molar-refractivity contribution >= 4 is 5.78 Å². The summed E-state index contributed by atoms with van der Waals surface area (Å²) in [6, 6.07) is 12.3. The molecule has 2 rings (SSSR count). The second-order valence-corrected chi connectivity index (χ2v) is 4.89. The number of hydrogen-bond donors (Lipinski definition) is 0. The van der Waals surface area contributed by atoms with Gasteiger partial charge in [0.1, 0.15) is 36.0 Å². The van der Waals surface area contributed by atoms with Crippen molar-refractivity contribution < 1.29 is 19.0 Å². The second-order valence-electron chi connectivity index (χ2n) is 4.89. The van der Waals surface area contributed by atoms with Gasteiger partial charge in [-0.3, -0.25) is 4.79 Å². The second kappa shape index (κ2) is 8.58. The molecule has 0 amide bonds. The van der Waals surface area contributed by atoms with E-state index in [9.17, 15) is 4.79 Å². The molecule has 0 saturated carbocycles. The molecule has 124 valence electrons. The van der Waals surface area contributed by atoms with Gasteiger partial charge in [0.2, 0.25) is 5.78 Å². The van der Waals surface area contributed by atoms with Crippen LogP contribution in [0.5, 0.6) is 17.2 Å². The molecule has 24 heavy (non-hydrogen) atoms. The summed E-state index contributed by atoms with van der Waals surface area (Å²) in [6.07, 6.45) is 3.22. The van der Waals surface area contributed by atoms with E-state index in [1.165, 1.54) is 0 Å². The molecule has 0 saturated heterocycles. The molecule has 0 atom stereocenters. The van der Waals surface area contributed by atoms with Crippen molar-refractivity contribution in [2.24, 2.45) is 0 Å². The lowest BCUT2D eigenvalue weighted by Gasteiger charge is -2.16. The number of rotatable bonds is 9. The first-order chi connectivity index (χ1) is 11.7. The molecule has 4 heteroatoms. The number of methoxy groups -OCH3 is 1. The van der Waals surface area contributed by atoms with E-state index < -0.39 is 0 Å². The number of benzene rings is 2. The molecule has 0 bridgehead atoms. The van der Waals surface area contributed by atoms with E-state index in [0.29, 0.717) is 28.4 Å². The van der Waals surface area contributed by atoms with Gasteiger partial charge in [0, 0.05) is 17.7 Å². The Bertz CT molecular complexity index is 687. The first kappa shape index (κ1) is 17.3. The Morgan fingerprint density at radius 3 is 2.00 bits per heavy atom. The molecule has 0 fully saturated rings. The largest absolute Gasteiger partial charge is 0.496 e. The summed E-state index contributed by atoms with van der Waals surface area (Å²) in [5, 5.41) is 0. The Morgan fingerprint density at radius 2 is 1.54 bits per heavy atom. The lowest BCUT2D eigenvalue weighted by atomic mass is 10.0. The van der Waals surface area contributed by atoms with Crippen LogP contribution in [-0.2, 0) is 0 Å². The van der Waals surface area contributed by atoms with Crippen molar-refractivity contribution in [3.8, 4) is 17.2 Å². The van der Waals surface area contributed by atoms with Crippen molar-refractivity contribution in [2.75, 3.05) is 20.3 Å². The van der Waals surface area contributed by atoms with Crippen LogP contribution in [0.25, 0.3) is 0 Å². The molecule has 4 nitrogen and oxygen atoms in total. The minimum atomic E-state index is -0.184. The third kappa shape index (κ3) is 4.04. The highest BCUT2D eigenvalue weighted by atomic mass is 16.5. The Labute approximate surface area is 142 Å². The smallest absolute Gasteiger partial charge is 0.200 e. The number of ketones is 1. The zero-order valence-corrected chi connectivity index (χ0v) is 13.7. The highest BCUT2D eigenvalue weighted by Gasteiger charge is 2.22. The fraction of sp³-hybridized carbons (Fsp3) is 0.150. The first-order valence-corrected chi connectivity index (χ1v) is 7.50. The third-order valence-corrected chi connectivity index (χ3v) is 3.25. The number of carbonyl (C=O) groups excluding carboxylic acids is 1. The summed E-state index contributed by atoms with van der Waals surface area (Å²) in [4.78, 5) is 13.0. The monoisotopic (exact) mass is 324 g/mol. The molecule has 2 aromatic rings. The van der Waals surface area contributed by atoms with Gasteiger partial charge in [-0.25, -0.2) is 0 Å². The standard InChI is InChI=1S/C20H20O4/c1-4-11-23-17-13-16(22-3)14-18(24-12-5-2)19(17)20(21)15-9-7-6-8-10-15/h4-10,13-14H,1-2,11-12H2,3H3. The van der Waals surface area contributed by atoms with Gasteiger partial charge in [-0.05, 0) is 0 Å². The normalized spacial score (nSPS) is 9.88. The molecule has 0 aliphatic carbocycles. The zero-order valence-electron chi connectivity index (χ0n) is 13.7. The summed E-state index contributed by atoms with van der Waals surface area (Å²) in [5.74, 6) is 1.14. The van der Waals surface area contributed by atoms with Crippen LogP contribution in [-0.4, -0.2) is 26.1 Å². The van der Waals surface area contributed by atoms with Crippen LogP contribution < -0.4 is 14.2 Å². The summed E-state index contributed by atoms with van der Waals surface area (Å²) in [7, 11) is 1.54. The molecule has 0 N–H and O–H groups in total. The minimum Gasteiger partial charge on any atom is -0.496 e. The maximum absolute atomic E-state index is 13.0. The van der Waals surface area contributed by atoms with Crippen LogP contribution in [0.2, 0.25) is 0 Å². The van der Waals surface area contributed by atoms with Crippen molar-refractivity contribution in [1.82, 2.24) is 0 Å². The molecule has 2 aromatic carbocycles. The quantitative estimate of drug-likeness (QED) is 0.515.